The molecule has 1 saturated heterocycles. The molecule has 5 N–H and O–H groups in total. The Kier molecular flexibility index (Phi) is 9.15. The van der Waals surface area contributed by atoms with Crippen LogP contribution in [0, 0.1) is 0 Å². The molecule has 0 radical (unpaired) electrons. The fourth-order valence-electron chi connectivity index (χ4n) is 1.26. The predicted octanol–water partition coefficient (Wildman–Crippen LogP) is -0.359. The maximum absolute atomic E-state index is 10.4. The van der Waals surface area contributed by atoms with Gasteiger partial charge in [-0.1, -0.05) is 0 Å². The molecule has 6 heteroatoms. The highest BCUT2D eigenvalue weighted by molar-refractivity contribution is 7.77. The van der Waals surface area contributed by atoms with E-state index in [4.69, 9.17) is 5.73 Å². The fraction of sp³-hybridized carbons (Fsp3) is 0.556. The molecule has 0 spiro atoms. The largest absolute Gasteiger partial charge is 0.404 e. The first-order chi connectivity index (χ1) is 7.36. The number of rotatable bonds is 3. The third kappa shape index (κ3) is 6.27. The maximum Gasteiger partial charge on any atom is 0.153 e. The Morgan fingerprint density at radius 1 is 1.40 bits per heavy atom. The highest BCUT2D eigenvalue weighted by Gasteiger charge is 2.09. The molecule has 1 aliphatic rings. The topological polar surface area (TPSA) is 93.5 Å². The van der Waals surface area contributed by atoms with Crippen molar-refractivity contribution in [1.82, 2.24) is 5.32 Å². The lowest BCUT2D eigenvalue weighted by atomic mass is 10.1. The lowest BCUT2D eigenvalue weighted by Crippen LogP contribution is -2.29. The Morgan fingerprint density at radius 3 is 2.47 bits per heavy atom. The molecule has 0 amide bonds. The van der Waals surface area contributed by atoms with Gasteiger partial charge in [0.05, 0.1) is 6.04 Å². The van der Waals surface area contributed by atoms with Crippen molar-refractivity contribution in [3.8, 4) is 0 Å². The normalized spacial score (nSPS) is 18.4. The molecule has 5 nitrogen and oxygen atoms in total. The summed E-state index contributed by atoms with van der Waals surface area (Å²) in [4.78, 5) is 14.6. The van der Waals surface area contributed by atoms with Crippen molar-refractivity contribution in [1.29, 1.82) is 0 Å². The summed E-state index contributed by atoms with van der Waals surface area (Å²) < 4.78 is 0. The second-order valence-electron chi connectivity index (χ2n) is 3.04. The minimum Gasteiger partial charge on any atom is -0.404 e. The number of nitrogens with zero attached hydrogens (tertiary/aromatic N) is 1. The van der Waals surface area contributed by atoms with Crippen LogP contribution in [0.3, 0.4) is 0 Å². The zero-order valence-electron chi connectivity index (χ0n) is 8.60. The molecule has 0 aromatic rings. The van der Waals surface area contributed by atoms with E-state index in [9.17, 15) is 4.79 Å². The minimum atomic E-state index is 0.344. The molecule has 0 aliphatic carbocycles. The van der Waals surface area contributed by atoms with Gasteiger partial charge in [0.15, 0.2) is 6.29 Å². The minimum absolute atomic E-state index is 0.344. The average Bonchev–Trinajstić information content (AvgIpc) is 2.34. The number of nitrogens with two attached hydrogens (primary N) is 2. The van der Waals surface area contributed by atoms with E-state index in [1.54, 1.807) is 6.21 Å². The van der Waals surface area contributed by atoms with E-state index >= 15 is 0 Å². The van der Waals surface area contributed by atoms with Crippen molar-refractivity contribution in [3.05, 3.63) is 11.8 Å². The Bertz CT molecular complexity index is 224. The third-order valence-electron chi connectivity index (χ3n) is 2.07. The highest BCUT2D eigenvalue weighted by atomic mass is 32.1. The summed E-state index contributed by atoms with van der Waals surface area (Å²) in [5, 5.41) is 7.44. The quantitative estimate of drug-likeness (QED) is 0.230. The third-order valence-corrected chi connectivity index (χ3v) is 2.07. The van der Waals surface area contributed by atoms with E-state index in [0.717, 1.165) is 25.9 Å². The van der Waals surface area contributed by atoms with Gasteiger partial charge in [0.2, 0.25) is 0 Å². The summed E-state index contributed by atoms with van der Waals surface area (Å²) in [6, 6.07) is 0.344. The average molecular weight is 230 g/mol. The van der Waals surface area contributed by atoms with Gasteiger partial charge < -0.3 is 11.1 Å². The molecule has 15 heavy (non-hydrogen) atoms. The summed E-state index contributed by atoms with van der Waals surface area (Å²) in [6.45, 7) is 2.01. The van der Waals surface area contributed by atoms with E-state index in [1.807, 2.05) is 0 Å². The lowest BCUT2D eigenvalue weighted by Gasteiger charge is -2.18. The first kappa shape index (κ1) is 14.2. The van der Waals surface area contributed by atoms with Crippen LogP contribution in [0.15, 0.2) is 16.8 Å². The summed E-state index contributed by atoms with van der Waals surface area (Å²) >= 11 is 3.03. The molecular weight excluding hydrogens is 212 g/mol. The van der Waals surface area contributed by atoms with Gasteiger partial charge in [0.1, 0.15) is 0 Å². The molecule has 86 valence electrons. The molecule has 0 unspecified atom stereocenters. The van der Waals surface area contributed by atoms with E-state index in [-0.39, 0.29) is 0 Å². The van der Waals surface area contributed by atoms with E-state index < -0.39 is 0 Å². The lowest BCUT2D eigenvalue weighted by molar-refractivity contribution is -0.104. The summed E-state index contributed by atoms with van der Waals surface area (Å²) in [6.07, 6.45) is 5.62. The molecule has 0 aromatic heterocycles. The number of carbonyl (C=O) groups is 1. The fourth-order valence-corrected chi connectivity index (χ4v) is 1.26. The van der Waals surface area contributed by atoms with Crippen LogP contribution in [0.5, 0.6) is 0 Å². The standard InChI is InChI=1S/C9H15N3O.H3NS/c10-5-8(7-13)6-12-9-1-3-11-4-2-9;1-2/h5-7,9,11H,1-4,10H2;2H,1H2/b8-5+,12-6?;. The van der Waals surface area contributed by atoms with Crippen molar-refractivity contribution >= 4 is 25.3 Å². The number of aldehydes is 1. The number of allylic oxidation sites excluding steroid dienone is 1. The number of carbonyl (C=O) groups excluding carboxylic acids is 1. The van der Waals surface area contributed by atoms with Crippen molar-refractivity contribution in [2.45, 2.75) is 18.9 Å². The van der Waals surface area contributed by atoms with Gasteiger partial charge in [0.25, 0.3) is 0 Å². The van der Waals surface area contributed by atoms with Crippen molar-refractivity contribution in [2.24, 2.45) is 15.9 Å². The predicted molar refractivity (Wildman–Crippen MR) is 65.9 cm³/mol. The van der Waals surface area contributed by atoms with Gasteiger partial charge >= 0.3 is 0 Å². The number of piperidine rings is 1. The van der Waals surface area contributed by atoms with Gasteiger partial charge in [0, 0.05) is 18.0 Å². The first-order valence-corrected chi connectivity index (χ1v) is 5.25. The van der Waals surface area contributed by atoms with Crippen LogP contribution in [-0.4, -0.2) is 31.6 Å². The Balaban J connectivity index is 0.000000921. The first-order valence-electron chi connectivity index (χ1n) is 4.73. The van der Waals surface area contributed by atoms with Crippen LogP contribution in [0.2, 0.25) is 0 Å². The zero-order valence-corrected chi connectivity index (χ0v) is 9.49. The molecule has 1 fully saturated rings. The van der Waals surface area contributed by atoms with E-state index in [0.29, 0.717) is 17.9 Å². The van der Waals surface area contributed by atoms with Crippen molar-refractivity contribution in [2.75, 3.05) is 13.1 Å². The Morgan fingerprint density at radius 2 is 2.00 bits per heavy atom. The molecule has 0 bridgehead atoms. The van der Waals surface area contributed by atoms with E-state index in [2.05, 4.69) is 28.3 Å². The second kappa shape index (κ2) is 9.70. The Hall–Kier alpha value is -0.850. The van der Waals surface area contributed by atoms with Gasteiger partial charge in [-0.05, 0) is 25.9 Å². The maximum atomic E-state index is 10.4. The zero-order chi connectivity index (χ0) is 11.5. The van der Waals surface area contributed by atoms with Gasteiger partial charge in [-0.25, -0.2) is 0 Å². The summed E-state index contributed by atoms with van der Waals surface area (Å²) in [5.41, 5.74) is 5.65. The number of aliphatic imine (C=N–C) groups is 1. The molecular formula is C9H18N4OS. The monoisotopic (exact) mass is 230 g/mol. The number of thiol groups is 1. The SMILES string of the molecule is N/C=C(/C=O)C=NC1CCNCC1.NS. The number of nitrogens with one attached hydrogen (secondary N) is 1. The van der Waals surface area contributed by atoms with Gasteiger partial charge in [-0.3, -0.25) is 14.9 Å². The molecule has 1 heterocycles. The molecule has 0 atom stereocenters. The Labute approximate surface area is 95.5 Å². The summed E-state index contributed by atoms with van der Waals surface area (Å²) in [7, 11) is 0. The van der Waals surface area contributed by atoms with Crippen LogP contribution in [0.4, 0.5) is 0 Å². The van der Waals surface area contributed by atoms with Crippen LogP contribution >= 0.6 is 12.8 Å². The van der Waals surface area contributed by atoms with Crippen LogP contribution in [0.1, 0.15) is 12.8 Å². The second-order valence-corrected chi connectivity index (χ2v) is 3.04. The number of hydrogen-bond donors (Lipinski definition) is 4. The van der Waals surface area contributed by atoms with E-state index in [1.165, 1.54) is 6.20 Å². The molecule has 1 rings (SSSR count). The molecule has 0 saturated carbocycles. The van der Waals surface area contributed by atoms with Gasteiger partial charge in [-0.15, -0.1) is 12.8 Å². The van der Waals surface area contributed by atoms with Crippen molar-refractivity contribution < 1.29 is 4.79 Å². The highest BCUT2D eigenvalue weighted by Crippen LogP contribution is 2.06. The van der Waals surface area contributed by atoms with Crippen LogP contribution < -0.4 is 16.2 Å². The van der Waals surface area contributed by atoms with Crippen LogP contribution in [0.25, 0.3) is 0 Å². The number of hydrogen-bond acceptors (Lipinski definition) is 6. The smallest absolute Gasteiger partial charge is 0.153 e. The summed E-state index contributed by atoms with van der Waals surface area (Å²) in [5.74, 6) is 0. The van der Waals surface area contributed by atoms with Gasteiger partial charge in [-0.2, -0.15) is 0 Å². The van der Waals surface area contributed by atoms with Crippen LogP contribution in [-0.2, 0) is 4.79 Å². The molecule has 0 aromatic carbocycles. The molecule has 1 aliphatic heterocycles. The van der Waals surface area contributed by atoms with Crippen molar-refractivity contribution in [3.63, 3.8) is 0 Å².